The van der Waals surface area contributed by atoms with E-state index in [0.29, 0.717) is 6.42 Å². The van der Waals surface area contributed by atoms with Gasteiger partial charge in [0.1, 0.15) is 0 Å². The van der Waals surface area contributed by atoms with Crippen LogP contribution in [0.2, 0.25) is 0 Å². The molecule has 0 spiro atoms. The van der Waals surface area contributed by atoms with Gasteiger partial charge in [0.15, 0.2) is 0 Å². The summed E-state index contributed by atoms with van der Waals surface area (Å²) in [4.78, 5) is 12.4. The maximum Gasteiger partial charge on any atom is 0.220 e. The summed E-state index contributed by atoms with van der Waals surface area (Å²) in [5.41, 5.74) is 0. The van der Waals surface area contributed by atoms with Gasteiger partial charge in [-0.25, -0.2) is 0 Å². The lowest BCUT2D eigenvalue weighted by molar-refractivity contribution is -0.123. The van der Waals surface area contributed by atoms with E-state index in [0.717, 1.165) is 38.5 Å². The predicted octanol–water partition coefficient (Wildman–Crippen LogP) is 17.1. The summed E-state index contributed by atoms with van der Waals surface area (Å²) >= 11 is 0. The molecule has 4 heteroatoms. The van der Waals surface area contributed by atoms with E-state index in [-0.39, 0.29) is 12.5 Å². The average molecular weight is 826 g/mol. The highest BCUT2D eigenvalue weighted by molar-refractivity contribution is 5.76. The Morgan fingerprint density at radius 1 is 0.407 bits per heavy atom. The van der Waals surface area contributed by atoms with Gasteiger partial charge in [-0.05, 0) is 57.8 Å². The number of allylic oxidation sites excluding steroid dienone is 7. The molecule has 0 bridgehead atoms. The Hall–Kier alpha value is -1.65. The van der Waals surface area contributed by atoms with Crippen LogP contribution in [0.5, 0.6) is 0 Å². The Bertz CT molecular complexity index is 939. The largest absolute Gasteiger partial charge is 0.394 e. The molecule has 59 heavy (non-hydrogen) atoms. The topological polar surface area (TPSA) is 69.6 Å². The third-order valence-electron chi connectivity index (χ3n) is 12.1. The normalized spacial score (nSPS) is 13.2. The number of hydrogen-bond acceptors (Lipinski definition) is 3. The van der Waals surface area contributed by atoms with Gasteiger partial charge in [0, 0.05) is 6.42 Å². The second-order valence-electron chi connectivity index (χ2n) is 17.9. The van der Waals surface area contributed by atoms with Crippen LogP contribution in [0.15, 0.2) is 48.6 Å². The van der Waals surface area contributed by atoms with Crippen molar-refractivity contribution in [2.45, 2.75) is 289 Å². The summed E-state index contributed by atoms with van der Waals surface area (Å²) in [7, 11) is 0. The lowest BCUT2D eigenvalue weighted by Crippen LogP contribution is -2.45. The zero-order valence-electron chi connectivity index (χ0n) is 39.8. The highest BCUT2D eigenvalue weighted by Gasteiger charge is 2.18. The quantitative estimate of drug-likeness (QED) is 0.0423. The van der Waals surface area contributed by atoms with Gasteiger partial charge in [0.25, 0.3) is 0 Å². The zero-order chi connectivity index (χ0) is 42.8. The summed E-state index contributed by atoms with van der Waals surface area (Å²) in [6, 6.07) is -0.620. The first-order chi connectivity index (χ1) is 29.2. The molecule has 0 saturated carbocycles. The van der Waals surface area contributed by atoms with Crippen molar-refractivity contribution in [3.05, 3.63) is 48.6 Å². The summed E-state index contributed by atoms with van der Waals surface area (Å²) in [6.45, 7) is 4.30. The molecule has 2 unspecified atom stereocenters. The summed E-state index contributed by atoms with van der Waals surface area (Å²) < 4.78 is 0. The molecule has 0 fully saturated rings. The Morgan fingerprint density at radius 2 is 0.695 bits per heavy atom. The lowest BCUT2D eigenvalue weighted by Gasteiger charge is -2.20. The van der Waals surface area contributed by atoms with E-state index in [1.807, 2.05) is 6.08 Å². The molecule has 0 aromatic rings. The van der Waals surface area contributed by atoms with Crippen LogP contribution in [0.1, 0.15) is 277 Å². The van der Waals surface area contributed by atoms with Crippen molar-refractivity contribution < 1.29 is 15.0 Å². The van der Waals surface area contributed by atoms with E-state index in [1.54, 1.807) is 6.08 Å². The second-order valence-corrected chi connectivity index (χ2v) is 17.9. The maximum absolute atomic E-state index is 12.4. The molecule has 2 atom stereocenters. The van der Waals surface area contributed by atoms with E-state index >= 15 is 0 Å². The SMILES string of the molecule is CCCCCCC/C=C\C/C=C\C/C=C\CCCCCCCCCCCCCCCCCCCCCCC(=O)NC(CO)C(O)/C=C/CCCCCCCCCCCC. The number of aliphatic hydroxyl groups excluding tert-OH is 2. The first-order valence-electron chi connectivity index (χ1n) is 26.4. The Labute approximate surface area is 369 Å². The average Bonchev–Trinajstić information content (AvgIpc) is 3.24. The minimum Gasteiger partial charge on any atom is -0.394 e. The smallest absolute Gasteiger partial charge is 0.220 e. The molecule has 0 radical (unpaired) electrons. The number of nitrogens with one attached hydrogen (secondary N) is 1. The van der Waals surface area contributed by atoms with Crippen LogP contribution in [0, 0.1) is 0 Å². The fourth-order valence-electron chi connectivity index (χ4n) is 8.01. The standard InChI is InChI=1S/C55H103NO3/c1-3-5-7-9-11-13-15-17-18-19-20-21-22-23-24-25-26-27-28-29-30-31-32-33-34-35-36-37-38-39-41-43-45-47-49-51-55(59)56-53(52-57)54(58)50-48-46-44-42-40-16-14-12-10-8-6-4-2/h15,17,19-20,22-23,48,50,53-54,57-58H,3-14,16,18,21,24-47,49,51-52H2,1-2H3,(H,56,59)/b17-15-,20-19-,23-22-,50-48+. The first-order valence-corrected chi connectivity index (χ1v) is 26.4. The van der Waals surface area contributed by atoms with E-state index in [4.69, 9.17) is 0 Å². The Balaban J connectivity index is 3.43. The van der Waals surface area contributed by atoms with Gasteiger partial charge >= 0.3 is 0 Å². The zero-order valence-corrected chi connectivity index (χ0v) is 39.8. The third-order valence-corrected chi connectivity index (χ3v) is 12.1. The molecule has 1 amide bonds. The van der Waals surface area contributed by atoms with Gasteiger partial charge in [-0.15, -0.1) is 0 Å². The van der Waals surface area contributed by atoms with E-state index in [2.05, 4.69) is 55.6 Å². The van der Waals surface area contributed by atoms with Crippen LogP contribution in [-0.4, -0.2) is 34.9 Å². The van der Waals surface area contributed by atoms with E-state index in [1.165, 1.54) is 218 Å². The summed E-state index contributed by atoms with van der Waals surface area (Å²) in [6.07, 6.45) is 69.8. The minimum absolute atomic E-state index is 0.0622. The van der Waals surface area contributed by atoms with Crippen LogP contribution in [0.4, 0.5) is 0 Å². The molecular formula is C55H103NO3. The predicted molar refractivity (Wildman–Crippen MR) is 262 cm³/mol. The van der Waals surface area contributed by atoms with Crippen LogP contribution in [-0.2, 0) is 4.79 Å². The van der Waals surface area contributed by atoms with Gasteiger partial charge in [-0.2, -0.15) is 0 Å². The van der Waals surface area contributed by atoms with Crippen molar-refractivity contribution >= 4 is 5.91 Å². The molecule has 0 aliphatic rings. The van der Waals surface area contributed by atoms with Gasteiger partial charge < -0.3 is 15.5 Å². The van der Waals surface area contributed by atoms with Crippen molar-refractivity contribution in [1.29, 1.82) is 0 Å². The molecule has 0 aromatic carbocycles. The third kappa shape index (κ3) is 47.3. The van der Waals surface area contributed by atoms with Crippen LogP contribution < -0.4 is 5.32 Å². The number of rotatable bonds is 48. The number of unbranched alkanes of at least 4 members (excludes halogenated alkanes) is 35. The monoisotopic (exact) mass is 826 g/mol. The van der Waals surface area contributed by atoms with E-state index < -0.39 is 12.1 Å². The number of aliphatic hydroxyl groups is 2. The highest BCUT2D eigenvalue weighted by Crippen LogP contribution is 2.16. The molecule has 0 aliphatic heterocycles. The summed E-state index contributed by atoms with van der Waals surface area (Å²) in [5, 5.41) is 23.0. The highest BCUT2D eigenvalue weighted by atomic mass is 16.3. The molecule has 3 N–H and O–H groups in total. The lowest BCUT2D eigenvalue weighted by atomic mass is 10.0. The Kier molecular flexibility index (Phi) is 49.3. The molecule has 0 rings (SSSR count). The molecule has 346 valence electrons. The molecule has 0 aliphatic carbocycles. The summed E-state index contributed by atoms with van der Waals surface area (Å²) in [5.74, 6) is -0.0622. The van der Waals surface area contributed by atoms with Crippen LogP contribution in [0.3, 0.4) is 0 Å². The van der Waals surface area contributed by atoms with Crippen molar-refractivity contribution in [1.82, 2.24) is 5.32 Å². The van der Waals surface area contributed by atoms with E-state index in [9.17, 15) is 15.0 Å². The molecule has 0 saturated heterocycles. The van der Waals surface area contributed by atoms with Gasteiger partial charge in [0.05, 0.1) is 18.8 Å². The molecule has 4 nitrogen and oxygen atoms in total. The van der Waals surface area contributed by atoms with Crippen molar-refractivity contribution in [3.63, 3.8) is 0 Å². The van der Waals surface area contributed by atoms with Crippen molar-refractivity contribution in [2.75, 3.05) is 6.61 Å². The number of carbonyl (C=O) groups is 1. The number of carbonyl (C=O) groups excluding carboxylic acids is 1. The number of hydrogen-bond donors (Lipinski definition) is 3. The van der Waals surface area contributed by atoms with Gasteiger partial charge in [-0.1, -0.05) is 262 Å². The van der Waals surface area contributed by atoms with Crippen LogP contribution in [0.25, 0.3) is 0 Å². The molecular weight excluding hydrogens is 723 g/mol. The first kappa shape index (κ1) is 57.3. The maximum atomic E-state index is 12.4. The van der Waals surface area contributed by atoms with Crippen LogP contribution >= 0.6 is 0 Å². The van der Waals surface area contributed by atoms with Crippen molar-refractivity contribution in [3.8, 4) is 0 Å². The molecule has 0 aromatic heterocycles. The van der Waals surface area contributed by atoms with Gasteiger partial charge in [-0.3, -0.25) is 4.79 Å². The Morgan fingerprint density at radius 3 is 1.03 bits per heavy atom. The fraction of sp³-hybridized carbons (Fsp3) is 0.836. The van der Waals surface area contributed by atoms with Gasteiger partial charge in [0.2, 0.25) is 5.91 Å². The second kappa shape index (κ2) is 50.7. The minimum atomic E-state index is -0.837. The number of amides is 1. The van der Waals surface area contributed by atoms with Crippen molar-refractivity contribution in [2.24, 2.45) is 0 Å². The fourth-order valence-corrected chi connectivity index (χ4v) is 8.01. The molecule has 0 heterocycles.